The lowest BCUT2D eigenvalue weighted by Crippen LogP contribution is -2.22. The molecule has 0 spiro atoms. The number of aromatic nitrogens is 3. The second-order valence-electron chi connectivity index (χ2n) is 4.91. The van der Waals surface area contributed by atoms with Gasteiger partial charge in [0, 0.05) is 19.2 Å². The van der Waals surface area contributed by atoms with Crippen molar-refractivity contribution in [3.8, 4) is 0 Å². The maximum Gasteiger partial charge on any atom is 0.0738 e. The summed E-state index contributed by atoms with van der Waals surface area (Å²) in [6.07, 6.45) is 2.72. The molecule has 2 heterocycles. The van der Waals surface area contributed by atoms with Crippen LogP contribution < -0.4 is 5.32 Å². The van der Waals surface area contributed by atoms with E-state index in [9.17, 15) is 0 Å². The molecule has 0 fully saturated rings. The maximum atomic E-state index is 4.55. The molecule has 1 N–H and O–H groups in total. The molecule has 2 rings (SSSR count). The van der Waals surface area contributed by atoms with Crippen molar-refractivity contribution in [3.05, 3.63) is 45.4 Å². The average molecular weight is 337 g/mol. The van der Waals surface area contributed by atoms with Crippen LogP contribution in [0.2, 0.25) is 0 Å². The lowest BCUT2D eigenvalue weighted by Gasteiger charge is -2.18. The normalized spacial score (nSPS) is 12.7. The van der Waals surface area contributed by atoms with E-state index in [0.717, 1.165) is 28.8 Å². The summed E-state index contributed by atoms with van der Waals surface area (Å²) in [4.78, 5) is 4.53. The molecule has 0 aliphatic heterocycles. The summed E-state index contributed by atoms with van der Waals surface area (Å²) in [5, 5.41) is 7.92. The molecule has 20 heavy (non-hydrogen) atoms. The number of nitrogens with one attached hydrogen (secondary N) is 1. The van der Waals surface area contributed by atoms with E-state index < -0.39 is 0 Å². The van der Waals surface area contributed by atoms with Crippen molar-refractivity contribution in [2.45, 2.75) is 39.8 Å². The van der Waals surface area contributed by atoms with Crippen molar-refractivity contribution < 1.29 is 0 Å². The van der Waals surface area contributed by atoms with Crippen LogP contribution in [0.5, 0.6) is 0 Å². The summed E-state index contributed by atoms with van der Waals surface area (Å²) in [6.45, 7) is 7.12. The average Bonchev–Trinajstić information content (AvgIpc) is 2.73. The molecule has 2 aromatic rings. The molecule has 1 atom stereocenters. The Kier molecular flexibility index (Phi) is 4.94. The van der Waals surface area contributed by atoms with E-state index in [4.69, 9.17) is 0 Å². The molecule has 4 nitrogen and oxygen atoms in total. The van der Waals surface area contributed by atoms with Gasteiger partial charge in [0.05, 0.1) is 27.6 Å². The van der Waals surface area contributed by atoms with Gasteiger partial charge in [-0.3, -0.25) is 9.67 Å². The second-order valence-corrected chi connectivity index (χ2v) is 5.71. The Morgan fingerprint density at radius 2 is 2.15 bits per heavy atom. The third-order valence-electron chi connectivity index (χ3n) is 3.58. The standard InChI is InChI=1S/C15H21BrN4/c1-5-20-13(14(16)11(3)19-20)9-12(17-4)15-10(2)7-6-8-18-15/h6-8,12,17H,5,9H2,1-4H3. The third-order valence-corrected chi connectivity index (χ3v) is 4.61. The third kappa shape index (κ3) is 2.94. The number of hydrogen-bond donors (Lipinski definition) is 1. The van der Waals surface area contributed by atoms with Crippen molar-refractivity contribution in [2.75, 3.05) is 7.05 Å². The summed E-state index contributed by atoms with van der Waals surface area (Å²) < 4.78 is 3.16. The Labute approximate surface area is 128 Å². The molecule has 0 bridgehead atoms. The number of rotatable bonds is 5. The Morgan fingerprint density at radius 1 is 1.40 bits per heavy atom. The summed E-state index contributed by atoms with van der Waals surface area (Å²) in [7, 11) is 1.98. The van der Waals surface area contributed by atoms with E-state index in [2.05, 4.69) is 55.9 Å². The Bertz CT molecular complexity index is 592. The van der Waals surface area contributed by atoms with Crippen LogP contribution in [0.3, 0.4) is 0 Å². The van der Waals surface area contributed by atoms with E-state index >= 15 is 0 Å². The molecule has 2 aromatic heterocycles. The Balaban J connectivity index is 2.34. The zero-order chi connectivity index (χ0) is 14.7. The van der Waals surface area contributed by atoms with Gasteiger partial charge in [-0.25, -0.2) is 0 Å². The van der Waals surface area contributed by atoms with Gasteiger partial charge in [0.25, 0.3) is 0 Å². The molecule has 1 unspecified atom stereocenters. The zero-order valence-electron chi connectivity index (χ0n) is 12.4. The first-order valence-electron chi connectivity index (χ1n) is 6.89. The molecule has 0 amide bonds. The van der Waals surface area contributed by atoms with Crippen molar-refractivity contribution in [1.82, 2.24) is 20.1 Å². The number of likely N-dealkylation sites (N-methyl/N-ethyl adjacent to an activating group) is 1. The number of hydrogen-bond acceptors (Lipinski definition) is 3. The molecular formula is C15H21BrN4. The van der Waals surface area contributed by atoms with Gasteiger partial charge in [-0.1, -0.05) is 6.07 Å². The van der Waals surface area contributed by atoms with E-state index in [0.29, 0.717) is 0 Å². The number of aryl methyl sites for hydroxylation is 3. The van der Waals surface area contributed by atoms with Gasteiger partial charge in [-0.05, 0) is 55.4 Å². The number of nitrogens with zero attached hydrogens (tertiary/aromatic N) is 3. The van der Waals surface area contributed by atoms with Crippen LogP contribution in [0.15, 0.2) is 22.8 Å². The highest BCUT2D eigenvalue weighted by Crippen LogP contribution is 2.26. The highest BCUT2D eigenvalue weighted by molar-refractivity contribution is 9.10. The highest BCUT2D eigenvalue weighted by Gasteiger charge is 2.19. The maximum absolute atomic E-state index is 4.55. The van der Waals surface area contributed by atoms with Gasteiger partial charge in [0.2, 0.25) is 0 Å². The summed E-state index contributed by atoms with van der Waals surface area (Å²) >= 11 is 3.66. The van der Waals surface area contributed by atoms with Crippen molar-refractivity contribution >= 4 is 15.9 Å². The predicted molar refractivity (Wildman–Crippen MR) is 84.8 cm³/mol. The van der Waals surface area contributed by atoms with Crippen LogP contribution in [0.4, 0.5) is 0 Å². The first kappa shape index (κ1) is 15.2. The van der Waals surface area contributed by atoms with Crippen LogP contribution in [0.25, 0.3) is 0 Å². The fourth-order valence-corrected chi connectivity index (χ4v) is 2.90. The van der Waals surface area contributed by atoms with E-state index in [1.807, 2.05) is 26.2 Å². The minimum absolute atomic E-state index is 0.189. The lowest BCUT2D eigenvalue weighted by atomic mass is 10.0. The summed E-state index contributed by atoms with van der Waals surface area (Å²) in [5.41, 5.74) is 4.56. The topological polar surface area (TPSA) is 42.7 Å². The Hall–Kier alpha value is -1.20. The monoisotopic (exact) mass is 336 g/mol. The van der Waals surface area contributed by atoms with Gasteiger partial charge in [0.15, 0.2) is 0 Å². The van der Waals surface area contributed by atoms with Crippen LogP contribution >= 0.6 is 15.9 Å². The molecule has 0 aromatic carbocycles. The minimum Gasteiger partial charge on any atom is -0.311 e. The molecule has 5 heteroatoms. The lowest BCUT2D eigenvalue weighted by molar-refractivity contribution is 0.528. The smallest absolute Gasteiger partial charge is 0.0738 e. The quantitative estimate of drug-likeness (QED) is 0.911. The number of pyridine rings is 1. The molecular weight excluding hydrogens is 316 g/mol. The second kappa shape index (κ2) is 6.50. The first-order valence-corrected chi connectivity index (χ1v) is 7.68. The van der Waals surface area contributed by atoms with E-state index in [1.54, 1.807) is 0 Å². The van der Waals surface area contributed by atoms with E-state index in [-0.39, 0.29) is 6.04 Å². The zero-order valence-corrected chi connectivity index (χ0v) is 14.0. The molecule has 0 aliphatic carbocycles. The van der Waals surface area contributed by atoms with Crippen molar-refractivity contribution in [2.24, 2.45) is 0 Å². The van der Waals surface area contributed by atoms with Crippen LogP contribution in [-0.2, 0) is 13.0 Å². The van der Waals surface area contributed by atoms with Crippen LogP contribution in [0, 0.1) is 13.8 Å². The molecule has 0 radical (unpaired) electrons. The van der Waals surface area contributed by atoms with Crippen molar-refractivity contribution in [1.29, 1.82) is 0 Å². The van der Waals surface area contributed by atoms with Gasteiger partial charge >= 0.3 is 0 Å². The first-order chi connectivity index (χ1) is 9.58. The summed E-state index contributed by atoms with van der Waals surface area (Å²) in [5.74, 6) is 0. The molecule has 0 saturated heterocycles. The highest BCUT2D eigenvalue weighted by atomic mass is 79.9. The fourth-order valence-electron chi connectivity index (χ4n) is 2.46. The fraction of sp³-hybridized carbons (Fsp3) is 0.467. The van der Waals surface area contributed by atoms with Crippen molar-refractivity contribution in [3.63, 3.8) is 0 Å². The number of halogens is 1. The Morgan fingerprint density at radius 3 is 2.75 bits per heavy atom. The van der Waals surface area contributed by atoms with Gasteiger partial charge < -0.3 is 5.32 Å². The SMILES string of the molecule is CCn1nc(C)c(Br)c1CC(NC)c1ncccc1C. The van der Waals surface area contributed by atoms with E-state index in [1.165, 1.54) is 11.3 Å². The minimum atomic E-state index is 0.189. The van der Waals surface area contributed by atoms with Gasteiger partial charge in [-0.15, -0.1) is 0 Å². The van der Waals surface area contributed by atoms with Gasteiger partial charge in [-0.2, -0.15) is 5.10 Å². The molecule has 0 saturated carbocycles. The van der Waals surface area contributed by atoms with Crippen LogP contribution in [0.1, 0.15) is 35.6 Å². The van der Waals surface area contributed by atoms with Gasteiger partial charge in [0.1, 0.15) is 0 Å². The molecule has 108 valence electrons. The van der Waals surface area contributed by atoms with Crippen LogP contribution in [-0.4, -0.2) is 21.8 Å². The predicted octanol–water partition coefficient (Wildman–Crippen LogP) is 3.18. The largest absolute Gasteiger partial charge is 0.311 e. The summed E-state index contributed by atoms with van der Waals surface area (Å²) in [6, 6.07) is 4.26. The molecule has 0 aliphatic rings.